The smallest absolute Gasteiger partial charge is 0.265 e. The predicted molar refractivity (Wildman–Crippen MR) is 74.8 cm³/mol. The number of sulfonamides is 1. The highest BCUT2D eigenvalue weighted by Gasteiger charge is 2.53. The first-order valence-corrected chi connectivity index (χ1v) is 8.11. The van der Waals surface area contributed by atoms with Crippen LogP contribution in [0, 0.1) is 5.82 Å². The van der Waals surface area contributed by atoms with Crippen molar-refractivity contribution in [2.75, 3.05) is 0 Å². The van der Waals surface area contributed by atoms with Crippen molar-refractivity contribution in [2.45, 2.75) is 30.9 Å². The number of rotatable bonds is 4. The monoisotopic (exact) mass is 311 g/mol. The molecule has 2 aromatic rings. The van der Waals surface area contributed by atoms with Gasteiger partial charge >= 0.3 is 0 Å². The lowest BCUT2D eigenvalue weighted by Crippen LogP contribution is -2.39. The van der Waals surface area contributed by atoms with E-state index in [0.717, 1.165) is 6.07 Å². The zero-order valence-electron chi connectivity index (χ0n) is 11.3. The minimum absolute atomic E-state index is 0.0586. The lowest BCUT2D eigenvalue weighted by molar-refractivity contribution is 0.0982. The first-order chi connectivity index (χ1) is 9.90. The van der Waals surface area contributed by atoms with Crippen LogP contribution in [0.5, 0.6) is 0 Å². The van der Waals surface area contributed by atoms with Gasteiger partial charge in [-0.1, -0.05) is 6.92 Å². The molecule has 0 bridgehead atoms. The molecule has 0 unspecified atom stereocenters. The van der Waals surface area contributed by atoms with Gasteiger partial charge < -0.3 is 4.42 Å². The van der Waals surface area contributed by atoms with Gasteiger partial charge in [-0.2, -0.15) is 0 Å². The van der Waals surface area contributed by atoms with Crippen molar-refractivity contribution in [3.8, 4) is 0 Å². The number of furan rings is 1. The Balaban J connectivity index is 1.95. The molecule has 1 aliphatic carbocycles. The van der Waals surface area contributed by atoms with Crippen molar-refractivity contribution < 1.29 is 22.0 Å². The Morgan fingerprint density at radius 2 is 2.10 bits per heavy atom. The Hall–Kier alpha value is -1.89. The van der Waals surface area contributed by atoms with E-state index in [4.69, 9.17) is 4.42 Å². The van der Waals surface area contributed by atoms with Gasteiger partial charge in [-0.15, -0.1) is 0 Å². The molecule has 1 heterocycles. The molecule has 7 heteroatoms. The summed E-state index contributed by atoms with van der Waals surface area (Å²) in [6.07, 6.45) is 2.82. The molecular formula is C14H14FNO4S. The summed E-state index contributed by atoms with van der Waals surface area (Å²) >= 11 is 0. The van der Waals surface area contributed by atoms with Gasteiger partial charge in [-0.25, -0.2) is 17.5 Å². The highest BCUT2D eigenvalue weighted by molar-refractivity contribution is 7.91. The number of carbonyl (C=O) groups excluding carboxylic acids is 1. The van der Waals surface area contributed by atoms with Crippen LogP contribution >= 0.6 is 0 Å². The van der Waals surface area contributed by atoms with Gasteiger partial charge in [0.15, 0.2) is 11.4 Å². The van der Waals surface area contributed by atoms with Crippen molar-refractivity contribution >= 4 is 26.9 Å². The molecule has 1 aliphatic rings. The maximum absolute atomic E-state index is 13.5. The number of amides is 1. The zero-order valence-corrected chi connectivity index (χ0v) is 12.2. The van der Waals surface area contributed by atoms with Crippen molar-refractivity contribution in [2.24, 2.45) is 0 Å². The third-order valence-corrected chi connectivity index (χ3v) is 6.35. The highest BCUT2D eigenvalue weighted by Crippen LogP contribution is 2.45. The molecule has 0 aliphatic heterocycles. The van der Waals surface area contributed by atoms with Gasteiger partial charge in [0.05, 0.1) is 16.6 Å². The lowest BCUT2D eigenvalue weighted by Gasteiger charge is -2.15. The topological polar surface area (TPSA) is 76.4 Å². The second-order valence-electron chi connectivity index (χ2n) is 5.23. The van der Waals surface area contributed by atoms with E-state index in [1.165, 1.54) is 18.4 Å². The molecule has 112 valence electrons. The first kappa shape index (κ1) is 14.1. The van der Waals surface area contributed by atoms with Gasteiger partial charge in [-0.3, -0.25) is 4.79 Å². The molecule has 1 saturated carbocycles. The van der Waals surface area contributed by atoms with Crippen LogP contribution in [0.15, 0.2) is 28.9 Å². The summed E-state index contributed by atoms with van der Waals surface area (Å²) < 4.78 is 44.2. The summed E-state index contributed by atoms with van der Waals surface area (Å²) in [5.74, 6) is -1.36. The van der Waals surface area contributed by atoms with Gasteiger partial charge in [0, 0.05) is 5.39 Å². The normalized spacial score (nSPS) is 16.9. The van der Waals surface area contributed by atoms with Crippen LogP contribution in [-0.2, 0) is 10.0 Å². The van der Waals surface area contributed by atoms with E-state index in [1.807, 2.05) is 0 Å². The third kappa shape index (κ3) is 2.12. The standard InChI is InChI=1S/C14H14FNO4S/c1-2-14(6-7-14)21(18,19)16-13(17)10-3-4-11(15)12-9(10)5-8-20-12/h3-5,8H,2,6-7H2,1H3,(H,16,17). The second-order valence-corrected chi connectivity index (χ2v) is 7.31. The van der Waals surface area contributed by atoms with E-state index < -0.39 is 26.5 Å². The van der Waals surface area contributed by atoms with Crippen LogP contribution in [0.25, 0.3) is 11.0 Å². The minimum Gasteiger partial charge on any atom is -0.461 e. The van der Waals surface area contributed by atoms with Gasteiger partial charge in [-0.05, 0) is 37.5 Å². The van der Waals surface area contributed by atoms with E-state index >= 15 is 0 Å². The fourth-order valence-electron chi connectivity index (χ4n) is 2.46. The second kappa shape index (κ2) is 4.56. The average Bonchev–Trinajstić information content (AvgIpc) is 3.10. The Bertz CT molecular complexity index is 821. The van der Waals surface area contributed by atoms with Crippen molar-refractivity contribution in [3.63, 3.8) is 0 Å². The summed E-state index contributed by atoms with van der Waals surface area (Å²) in [7, 11) is -3.73. The minimum atomic E-state index is -3.73. The number of hydrogen-bond acceptors (Lipinski definition) is 4. The number of hydrogen-bond donors (Lipinski definition) is 1. The maximum Gasteiger partial charge on any atom is 0.265 e. The van der Waals surface area contributed by atoms with Gasteiger partial charge in [0.2, 0.25) is 10.0 Å². The van der Waals surface area contributed by atoms with E-state index in [9.17, 15) is 17.6 Å². The molecule has 0 saturated heterocycles. The Morgan fingerprint density at radius 3 is 2.71 bits per heavy atom. The summed E-state index contributed by atoms with van der Waals surface area (Å²) in [6.45, 7) is 1.78. The highest BCUT2D eigenvalue weighted by atomic mass is 32.2. The first-order valence-electron chi connectivity index (χ1n) is 6.62. The lowest BCUT2D eigenvalue weighted by atomic mass is 10.1. The van der Waals surface area contributed by atoms with Crippen LogP contribution in [-0.4, -0.2) is 19.1 Å². The molecule has 21 heavy (non-hydrogen) atoms. The molecule has 3 rings (SSSR count). The predicted octanol–water partition coefficient (Wildman–Crippen LogP) is 2.57. The summed E-state index contributed by atoms with van der Waals surface area (Å²) in [5.41, 5.74) is 0.0207. The molecule has 1 aromatic carbocycles. The Labute approximate surface area is 121 Å². The zero-order chi connectivity index (χ0) is 15.3. The van der Waals surface area contributed by atoms with Gasteiger partial charge in [0.25, 0.3) is 5.91 Å². The quantitative estimate of drug-likeness (QED) is 0.941. The summed E-state index contributed by atoms with van der Waals surface area (Å²) in [4.78, 5) is 12.2. The fourth-order valence-corrected chi connectivity index (χ4v) is 4.05. The number of fused-ring (bicyclic) bond motifs is 1. The molecule has 1 fully saturated rings. The molecule has 1 aromatic heterocycles. The largest absolute Gasteiger partial charge is 0.461 e. The molecular weight excluding hydrogens is 297 g/mol. The van der Waals surface area contributed by atoms with E-state index in [0.29, 0.717) is 19.3 Å². The van der Waals surface area contributed by atoms with E-state index in [-0.39, 0.29) is 16.5 Å². The maximum atomic E-state index is 13.5. The number of carbonyl (C=O) groups is 1. The molecule has 0 spiro atoms. The number of benzene rings is 1. The Kier molecular flexibility index (Phi) is 3.05. The molecule has 1 N–H and O–H groups in total. The molecule has 5 nitrogen and oxygen atoms in total. The third-order valence-electron chi connectivity index (χ3n) is 4.06. The van der Waals surface area contributed by atoms with Crippen LogP contribution in [0.3, 0.4) is 0 Å². The molecule has 1 amide bonds. The van der Waals surface area contributed by atoms with Crippen LogP contribution < -0.4 is 4.72 Å². The Morgan fingerprint density at radius 1 is 1.38 bits per heavy atom. The summed E-state index contributed by atoms with van der Waals surface area (Å²) in [5, 5.41) is 0.254. The SMILES string of the molecule is CCC1(S(=O)(=O)NC(=O)c2ccc(F)c3occc23)CC1. The molecule has 0 radical (unpaired) electrons. The van der Waals surface area contributed by atoms with E-state index in [1.54, 1.807) is 6.92 Å². The molecule has 0 atom stereocenters. The van der Waals surface area contributed by atoms with Crippen LogP contribution in [0.2, 0.25) is 0 Å². The number of nitrogens with one attached hydrogen (secondary N) is 1. The fraction of sp³-hybridized carbons (Fsp3) is 0.357. The van der Waals surface area contributed by atoms with Crippen molar-refractivity contribution in [1.82, 2.24) is 4.72 Å². The summed E-state index contributed by atoms with van der Waals surface area (Å²) in [6, 6.07) is 3.77. The van der Waals surface area contributed by atoms with Crippen molar-refractivity contribution in [3.05, 3.63) is 35.8 Å². The van der Waals surface area contributed by atoms with Crippen molar-refractivity contribution in [1.29, 1.82) is 0 Å². The van der Waals surface area contributed by atoms with Gasteiger partial charge in [0.1, 0.15) is 0 Å². The van der Waals surface area contributed by atoms with E-state index in [2.05, 4.69) is 4.72 Å². The van der Waals surface area contributed by atoms with Crippen LogP contribution in [0.4, 0.5) is 4.39 Å². The average molecular weight is 311 g/mol. The number of halogens is 1. The van der Waals surface area contributed by atoms with Crippen LogP contribution in [0.1, 0.15) is 36.5 Å².